The van der Waals surface area contributed by atoms with Crippen LogP contribution in [0.25, 0.3) is 0 Å². The lowest BCUT2D eigenvalue weighted by molar-refractivity contribution is 0.494. The summed E-state index contributed by atoms with van der Waals surface area (Å²) in [6.45, 7) is 5.24. The molecule has 0 fully saturated rings. The highest BCUT2D eigenvalue weighted by atomic mass is 35.5. The molecule has 5 nitrogen and oxygen atoms in total. The zero-order valence-electron chi connectivity index (χ0n) is 9.28. The first-order valence-electron chi connectivity index (χ1n) is 4.61. The molecule has 1 aromatic heterocycles. The minimum atomic E-state index is -3.64. The maximum absolute atomic E-state index is 11.7. The van der Waals surface area contributed by atoms with E-state index in [2.05, 4.69) is 14.4 Å². The van der Waals surface area contributed by atoms with E-state index < -0.39 is 15.7 Å². The number of hydrogen-bond acceptors (Lipinski definition) is 3. The molecule has 0 radical (unpaired) electrons. The first kappa shape index (κ1) is 13.2. The zero-order valence-corrected chi connectivity index (χ0v) is 10.9. The summed E-state index contributed by atoms with van der Waals surface area (Å²) in [6.07, 6.45) is 2.83. The molecule has 0 aromatic carbocycles. The van der Waals surface area contributed by atoms with Crippen molar-refractivity contribution in [1.29, 1.82) is 0 Å². The van der Waals surface area contributed by atoms with Crippen LogP contribution < -0.4 is 9.44 Å². The molecule has 1 rings (SSSR count). The van der Waals surface area contributed by atoms with Crippen molar-refractivity contribution in [1.82, 2.24) is 9.71 Å². The smallest absolute Gasteiger partial charge is 0.268 e. The number of pyridine rings is 1. The topological polar surface area (TPSA) is 71.1 Å². The number of hydrogen-bond donors (Lipinski definition) is 2. The Labute approximate surface area is 100 Å². The molecule has 0 bridgehead atoms. The lowest BCUT2D eigenvalue weighted by Crippen LogP contribution is -2.43. The van der Waals surface area contributed by atoms with Crippen molar-refractivity contribution >= 4 is 27.5 Å². The molecular weight excluding hydrogens is 250 g/mol. The van der Waals surface area contributed by atoms with Gasteiger partial charge >= 0.3 is 0 Å². The van der Waals surface area contributed by atoms with Gasteiger partial charge in [-0.2, -0.15) is 13.1 Å². The largest absolute Gasteiger partial charge is 0.299 e. The van der Waals surface area contributed by atoms with E-state index in [1.807, 2.05) is 0 Å². The van der Waals surface area contributed by atoms with Gasteiger partial charge in [0.25, 0.3) is 10.2 Å². The molecule has 1 heterocycles. The second-order valence-electron chi connectivity index (χ2n) is 4.31. The molecule has 0 aliphatic heterocycles. The highest BCUT2D eigenvalue weighted by Gasteiger charge is 2.20. The van der Waals surface area contributed by atoms with Crippen molar-refractivity contribution in [3.8, 4) is 0 Å². The number of rotatable bonds is 3. The van der Waals surface area contributed by atoms with Gasteiger partial charge in [0.2, 0.25) is 0 Å². The third-order valence-electron chi connectivity index (χ3n) is 1.45. The summed E-state index contributed by atoms with van der Waals surface area (Å²) in [5, 5.41) is 0.300. The first-order valence-corrected chi connectivity index (χ1v) is 6.47. The molecule has 0 aliphatic carbocycles. The monoisotopic (exact) mass is 263 g/mol. The van der Waals surface area contributed by atoms with Crippen LogP contribution in [0.2, 0.25) is 5.02 Å². The Balaban J connectivity index is 2.86. The van der Waals surface area contributed by atoms with Crippen LogP contribution in [0.15, 0.2) is 18.5 Å². The van der Waals surface area contributed by atoms with Crippen molar-refractivity contribution in [2.75, 3.05) is 4.72 Å². The summed E-state index contributed by atoms with van der Waals surface area (Å²) in [5.41, 5.74) is -0.304. The summed E-state index contributed by atoms with van der Waals surface area (Å²) in [7, 11) is -3.64. The van der Waals surface area contributed by atoms with E-state index in [0.29, 0.717) is 5.02 Å². The summed E-state index contributed by atoms with van der Waals surface area (Å²) < 4.78 is 28.1. The van der Waals surface area contributed by atoms with Crippen LogP contribution in [0.5, 0.6) is 0 Å². The highest BCUT2D eigenvalue weighted by molar-refractivity contribution is 7.90. The molecule has 0 atom stereocenters. The molecule has 16 heavy (non-hydrogen) atoms. The Bertz CT molecular complexity index is 468. The highest BCUT2D eigenvalue weighted by Crippen LogP contribution is 2.20. The normalized spacial score (nSPS) is 12.5. The fraction of sp³-hybridized carbons (Fsp3) is 0.444. The number of halogens is 1. The van der Waals surface area contributed by atoms with E-state index in [1.165, 1.54) is 18.5 Å². The van der Waals surface area contributed by atoms with Crippen LogP contribution in [0.1, 0.15) is 20.8 Å². The van der Waals surface area contributed by atoms with Crippen LogP contribution >= 0.6 is 11.6 Å². The molecule has 0 amide bonds. The molecular formula is C9H14ClN3O2S. The SMILES string of the molecule is CC(C)(C)NS(=O)(=O)Nc1cnccc1Cl. The van der Waals surface area contributed by atoms with Crippen LogP contribution in [-0.2, 0) is 10.2 Å². The van der Waals surface area contributed by atoms with E-state index in [1.54, 1.807) is 20.8 Å². The van der Waals surface area contributed by atoms with Crippen molar-refractivity contribution in [3.05, 3.63) is 23.5 Å². The van der Waals surface area contributed by atoms with Gasteiger partial charge in [-0.05, 0) is 26.8 Å². The molecule has 0 aliphatic rings. The molecule has 1 aromatic rings. The Kier molecular flexibility index (Phi) is 3.77. The predicted molar refractivity (Wildman–Crippen MR) is 64.7 cm³/mol. The Morgan fingerprint density at radius 3 is 2.50 bits per heavy atom. The summed E-state index contributed by atoms with van der Waals surface area (Å²) in [4.78, 5) is 3.79. The van der Waals surface area contributed by atoms with Gasteiger partial charge in [-0.15, -0.1) is 0 Å². The zero-order chi connectivity index (χ0) is 12.4. The van der Waals surface area contributed by atoms with Crippen molar-refractivity contribution in [3.63, 3.8) is 0 Å². The third kappa shape index (κ3) is 4.34. The lowest BCUT2D eigenvalue weighted by Gasteiger charge is -2.21. The van der Waals surface area contributed by atoms with Crippen molar-refractivity contribution in [2.24, 2.45) is 0 Å². The fourth-order valence-electron chi connectivity index (χ4n) is 1.03. The van der Waals surface area contributed by atoms with Gasteiger partial charge < -0.3 is 0 Å². The van der Waals surface area contributed by atoms with Crippen molar-refractivity contribution in [2.45, 2.75) is 26.3 Å². The van der Waals surface area contributed by atoms with E-state index in [9.17, 15) is 8.42 Å². The minimum Gasteiger partial charge on any atom is -0.268 e. The second kappa shape index (κ2) is 4.57. The third-order valence-corrected chi connectivity index (χ3v) is 3.15. The molecule has 0 unspecified atom stereocenters. The van der Waals surface area contributed by atoms with E-state index in [-0.39, 0.29) is 5.69 Å². The predicted octanol–water partition coefficient (Wildman–Crippen LogP) is 1.78. The van der Waals surface area contributed by atoms with E-state index in [0.717, 1.165) is 0 Å². The van der Waals surface area contributed by atoms with Crippen LogP contribution in [0, 0.1) is 0 Å². The molecule has 0 saturated heterocycles. The van der Waals surface area contributed by atoms with Gasteiger partial charge in [0.15, 0.2) is 0 Å². The fourth-order valence-corrected chi connectivity index (χ4v) is 2.54. The molecule has 90 valence electrons. The van der Waals surface area contributed by atoms with Gasteiger partial charge in [0.05, 0.1) is 16.9 Å². The summed E-state index contributed by atoms with van der Waals surface area (Å²) in [6, 6.07) is 1.51. The van der Waals surface area contributed by atoms with Gasteiger partial charge in [0.1, 0.15) is 0 Å². The lowest BCUT2D eigenvalue weighted by atomic mass is 10.1. The number of anilines is 1. The average Bonchev–Trinajstić information content (AvgIpc) is 2.04. The molecule has 2 N–H and O–H groups in total. The standard InChI is InChI=1S/C9H14ClN3O2S/c1-9(2,3)13-16(14,15)12-8-6-11-5-4-7(8)10/h4-6,12-13H,1-3H3. The van der Waals surface area contributed by atoms with Crippen LogP contribution in [-0.4, -0.2) is 18.9 Å². The summed E-state index contributed by atoms with van der Waals surface area (Å²) in [5.74, 6) is 0. The molecule has 7 heteroatoms. The quantitative estimate of drug-likeness (QED) is 0.873. The minimum absolute atomic E-state index is 0.251. The van der Waals surface area contributed by atoms with Gasteiger partial charge in [0, 0.05) is 11.7 Å². The summed E-state index contributed by atoms with van der Waals surface area (Å²) >= 11 is 5.81. The second-order valence-corrected chi connectivity index (χ2v) is 6.14. The first-order chi connectivity index (χ1) is 7.20. The van der Waals surface area contributed by atoms with Crippen LogP contribution in [0.3, 0.4) is 0 Å². The van der Waals surface area contributed by atoms with Crippen LogP contribution in [0.4, 0.5) is 5.69 Å². The van der Waals surface area contributed by atoms with E-state index in [4.69, 9.17) is 11.6 Å². The molecule has 0 spiro atoms. The average molecular weight is 264 g/mol. The van der Waals surface area contributed by atoms with Gasteiger partial charge in [-0.3, -0.25) is 9.71 Å². The van der Waals surface area contributed by atoms with E-state index >= 15 is 0 Å². The number of nitrogens with zero attached hydrogens (tertiary/aromatic N) is 1. The van der Waals surface area contributed by atoms with Crippen molar-refractivity contribution < 1.29 is 8.42 Å². The Hall–Kier alpha value is -0.850. The Morgan fingerprint density at radius 2 is 2.00 bits per heavy atom. The number of aromatic nitrogens is 1. The Morgan fingerprint density at radius 1 is 1.38 bits per heavy atom. The molecule has 0 saturated carbocycles. The maximum atomic E-state index is 11.7. The number of nitrogens with one attached hydrogen (secondary N) is 2. The van der Waals surface area contributed by atoms with Gasteiger partial charge in [-0.25, -0.2) is 0 Å². The van der Waals surface area contributed by atoms with Gasteiger partial charge in [-0.1, -0.05) is 11.6 Å². The maximum Gasteiger partial charge on any atom is 0.299 e.